The quantitative estimate of drug-likeness (QED) is 0.573. The number of hydrogen-bond acceptors (Lipinski definition) is 3. The van der Waals surface area contributed by atoms with Crippen LogP contribution in [0.2, 0.25) is 0 Å². The van der Waals surface area contributed by atoms with Crippen molar-refractivity contribution in [2.45, 2.75) is 18.6 Å². The fourth-order valence-electron chi connectivity index (χ4n) is 0.353. The lowest BCUT2D eigenvalue weighted by atomic mass is 10.4. The van der Waals surface area contributed by atoms with E-state index >= 15 is 0 Å². The molecule has 0 N–H and O–H groups in total. The van der Waals surface area contributed by atoms with Gasteiger partial charge in [-0.1, -0.05) is 6.92 Å². The maximum absolute atomic E-state index is 10.3. The molecule has 0 aromatic heterocycles. The van der Waals surface area contributed by atoms with Gasteiger partial charge in [-0.3, -0.25) is 0 Å². The Balaban J connectivity index is 4.38. The Kier molecular flexibility index (Phi) is 2.95. The van der Waals surface area contributed by atoms with Crippen molar-refractivity contribution < 1.29 is 8.42 Å². The van der Waals surface area contributed by atoms with E-state index in [-0.39, 0.29) is 6.42 Å². The van der Waals surface area contributed by atoms with Crippen molar-refractivity contribution in [1.82, 2.24) is 0 Å². The molecule has 52 valence electrons. The number of halogens is 1. The molecule has 0 aromatic carbocycles. The zero-order chi connectivity index (χ0) is 7.49. The summed E-state index contributed by atoms with van der Waals surface area (Å²) in [6.45, 7) is 1.59. The summed E-state index contributed by atoms with van der Waals surface area (Å²) in [6.07, 6.45) is 0.238. The zero-order valence-corrected chi connectivity index (χ0v) is 6.41. The van der Waals surface area contributed by atoms with Crippen LogP contribution in [0.25, 0.3) is 0 Å². The zero-order valence-electron chi connectivity index (χ0n) is 4.83. The van der Waals surface area contributed by atoms with Crippen LogP contribution in [0.1, 0.15) is 13.3 Å². The van der Waals surface area contributed by atoms with Gasteiger partial charge in [0.1, 0.15) is 0 Å². The van der Waals surface area contributed by atoms with E-state index in [1.165, 1.54) is 0 Å². The highest BCUT2D eigenvalue weighted by Gasteiger charge is 2.19. The number of hydrogen-bond donors (Lipinski definition) is 0. The van der Waals surface area contributed by atoms with E-state index < -0.39 is 14.3 Å². The average Bonchev–Trinajstić information content (AvgIpc) is 1.65. The summed E-state index contributed by atoms with van der Waals surface area (Å²) in [6, 6.07) is 1.57. The second-order valence-corrected chi connectivity index (χ2v) is 4.31. The molecule has 0 heterocycles. The largest absolute Gasteiger partial charge is 0.248 e. The van der Waals surface area contributed by atoms with Crippen molar-refractivity contribution in [3.05, 3.63) is 0 Å². The molecule has 3 nitrogen and oxygen atoms in total. The molecule has 0 radical (unpaired) electrons. The summed E-state index contributed by atoms with van der Waals surface area (Å²) in [5, 5.41) is 7.09. The standard InChI is InChI=1S/C4H6ClNO2S/c1-2-4(3-6)9(5,7)8/h4H,2H2,1H3/t4-/m0/s1. The normalized spacial score (nSPS) is 14.3. The van der Waals surface area contributed by atoms with E-state index in [0.29, 0.717) is 0 Å². The van der Waals surface area contributed by atoms with Crippen molar-refractivity contribution in [3.63, 3.8) is 0 Å². The van der Waals surface area contributed by atoms with Gasteiger partial charge in [0.05, 0.1) is 6.07 Å². The molecular weight excluding hydrogens is 162 g/mol. The van der Waals surface area contributed by atoms with Crippen LogP contribution in [-0.2, 0) is 9.05 Å². The lowest BCUT2D eigenvalue weighted by molar-refractivity contribution is 0.601. The maximum Gasteiger partial charge on any atom is 0.248 e. The van der Waals surface area contributed by atoms with Crippen LogP contribution in [0.5, 0.6) is 0 Å². The van der Waals surface area contributed by atoms with Crippen molar-refractivity contribution in [2.75, 3.05) is 0 Å². The molecule has 9 heavy (non-hydrogen) atoms. The topological polar surface area (TPSA) is 57.9 Å². The molecule has 5 heteroatoms. The minimum Gasteiger partial charge on any atom is -0.211 e. The smallest absolute Gasteiger partial charge is 0.211 e. The van der Waals surface area contributed by atoms with Gasteiger partial charge in [-0.25, -0.2) is 8.42 Å². The number of rotatable bonds is 2. The molecule has 0 unspecified atom stereocenters. The Hall–Kier alpha value is -0.270. The molecule has 0 saturated carbocycles. The maximum atomic E-state index is 10.3. The van der Waals surface area contributed by atoms with Crippen molar-refractivity contribution in [3.8, 4) is 6.07 Å². The lowest BCUT2D eigenvalue weighted by Gasteiger charge is -1.96. The van der Waals surface area contributed by atoms with Crippen LogP contribution in [0.15, 0.2) is 0 Å². The van der Waals surface area contributed by atoms with Crippen molar-refractivity contribution in [2.24, 2.45) is 0 Å². The van der Waals surface area contributed by atoms with Gasteiger partial charge in [-0.15, -0.1) is 0 Å². The van der Waals surface area contributed by atoms with Gasteiger partial charge in [0.25, 0.3) is 0 Å². The minimum atomic E-state index is -3.65. The molecular formula is C4H6ClNO2S. The fraction of sp³-hybridized carbons (Fsp3) is 0.750. The van der Waals surface area contributed by atoms with Crippen molar-refractivity contribution in [1.29, 1.82) is 5.26 Å². The molecule has 0 fully saturated rings. The summed E-state index contributed by atoms with van der Waals surface area (Å²) in [5.41, 5.74) is 0. The van der Waals surface area contributed by atoms with E-state index in [9.17, 15) is 8.42 Å². The van der Waals surface area contributed by atoms with Crippen LogP contribution >= 0.6 is 10.7 Å². The first-order valence-electron chi connectivity index (χ1n) is 2.35. The van der Waals surface area contributed by atoms with E-state index in [1.54, 1.807) is 13.0 Å². The number of nitrogens with zero attached hydrogens (tertiary/aromatic N) is 1. The van der Waals surface area contributed by atoms with Crippen molar-refractivity contribution >= 4 is 19.7 Å². The van der Waals surface area contributed by atoms with E-state index in [0.717, 1.165) is 0 Å². The first-order valence-corrected chi connectivity index (χ1v) is 4.72. The first-order chi connectivity index (χ1) is 4.02. The van der Waals surface area contributed by atoms with Gasteiger partial charge in [0.2, 0.25) is 9.05 Å². The van der Waals surface area contributed by atoms with Crippen LogP contribution in [0.4, 0.5) is 0 Å². The van der Waals surface area contributed by atoms with Gasteiger partial charge in [0.15, 0.2) is 5.25 Å². The average molecular weight is 168 g/mol. The Bertz CT molecular complexity index is 215. The monoisotopic (exact) mass is 167 g/mol. The molecule has 0 amide bonds. The summed E-state index contributed by atoms with van der Waals surface area (Å²) in [4.78, 5) is 0. The highest BCUT2D eigenvalue weighted by Crippen LogP contribution is 2.08. The van der Waals surface area contributed by atoms with Crippen LogP contribution in [0.3, 0.4) is 0 Å². The van der Waals surface area contributed by atoms with Crippen LogP contribution < -0.4 is 0 Å². The fourth-order valence-corrected chi connectivity index (χ4v) is 1.37. The SMILES string of the molecule is CC[C@@H](C#N)S(=O)(=O)Cl. The third-order valence-corrected chi connectivity index (χ3v) is 2.62. The molecule has 0 aromatic rings. The molecule has 0 aliphatic heterocycles. The minimum absolute atomic E-state index is 0.238. The predicted molar refractivity (Wildman–Crippen MR) is 34.5 cm³/mol. The summed E-state index contributed by atoms with van der Waals surface area (Å²) in [7, 11) is 1.20. The molecule has 0 aliphatic carbocycles. The first kappa shape index (κ1) is 8.73. The summed E-state index contributed by atoms with van der Waals surface area (Å²) >= 11 is 0. The third kappa shape index (κ3) is 2.68. The van der Waals surface area contributed by atoms with E-state index in [1.807, 2.05) is 0 Å². The molecule has 1 atom stereocenters. The van der Waals surface area contributed by atoms with E-state index in [2.05, 4.69) is 0 Å². The van der Waals surface area contributed by atoms with Gasteiger partial charge in [-0.2, -0.15) is 5.26 Å². The summed E-state index contributed by atoms with van der Waals surface area (Å²) < 4.78 is 20.7. The lowest BCUT2D eigenvalue weighted by Crippen LogP contribution is -2.11. The second-order valence-electron chi connectivity index (χ2n) is 1.50. The van der Waals surface area contributed by atoms with Crippen LogP contribution in [0, 0.1) is 11.3 Å². The van der Waals surface area contributed by atoms with Gasteiger partial charge < -0.3 is 0 Å². The molecule has 0 rings (SSSR count). The third-order valence-electron chi connectivity index (χ3n) is 0.855. The Labute approximate surface area is 58.7 Å². The summed E-state index contributed by atoms with van der Waals surface area (Å²) in [5.74, 6) is 0. The highest BCUT2D eigenvalue weighted by atomic mass is 35.7. The van der Waals surface area contributed by atoms with Gasteiger partial charge in [0, 0.05) is 10.7 Å². The molecule has 0 spiro atoms. The Morgan fingerprint density at radius 3 is 2.22 bits per heavy atom. The highest BCUT2D eigenvalue weighted by molar-refractivity contribution is 8.14. The molecule has 0 aliphatic rings. The van der Waals surface area contributed by atoms with Crippen LogP contribution in [-0.4, -0.2) is 13.7 Å². The van der Waals surface area contributed by atoms with E-state index in [4.69, 9.17) is 15.9 Å². The van der Waals surface area contributed by atoms with Gasteiger partial charge >= 0.3 is 0 Å². The molecule has 0 bridgehead atoms. The Morgan fingerprint density at radius 1 is 1.78 bits per heavy atom. The Morgan fingerprint density at radius 2 is 2.22 bits per heavy atom. The molecule has 0 saturated heterocycles. The number of nitriles is 1. The van der Waals surface area contributed by atoms with Gasteiger partial charge in [-0.05, 0) is 6.42 Å². The second kappa shape index (κ2) is 3.04. The predicted octanol–water partition coefficient (Wildman–Crippen LogP) is 0.857.